The summed E-state index contributed by atoms with van der Waals surface area (Å²) in [5, 5.41) is 0. The summed E-state index contributed by atoms with van der Waals surface area (Å²) in [6.45, 7) is 6.26. The van der Waals surface area contributed by atoms with E-state index in [1.807, 2.05) is 47.2 Å². The fourth-order valence-corrected chi connectivity index (χ4v) is 2.19. The van der Waals surface area contributed by atoms with E-state index in [4.69, 9.17) is 21.7 Å². The van der Waals surface area contributed by atoms with E-state index in [0.29, 0.717) is 26.7 Å². The molecule has 5 heteroatoms. The van der Waals surface area contributed by atoms with Gasteiger partial charge in [0.2, 0.25) is 0 Å². The van der Waals surface area contributed by atoms with Crippen molar-refractivity contribution in [1.82, 2.24) is 9.13 Å². The smallest absolute Gasteiger partial charge is 0.184 e. The second kappa shape index (κ2) is 6.13. The molecule has 0 aliphatic heterocycles. The normalized spacial score (nSPS) is 11.2. The van der Waals surface area contributed by atoms with Gasteiger partial charge in [0.1, 0.15) is 13.5 Å². The highest BCUT2D eigenvalue weighted by molar-refractivity contribution is 7.71. The Morgan fingerprint density at radius 3 is 1.78 bits per heavy atom. The molecule has 0 spiro atoms. The van der Waals surface area contributed by atoms with E-state index >= 15 is 0 Å². The van der Waals surface area contributed by atoms with Gasteiger partial charge < -0.3 is 9.47 Å². The summed E-state index contributed by atoms with van der Waals surface area (Å²) in [5.74, 6) is 0. The van der Waals surface area contributed by atoms with Crippen LogP contribution in [-0.4, -0.2) is 22.3 Å². The largest absolute Gasteiger partial charge is 0.361 e. The highest BCUT2D eigenvalue weighted by Crippen LogP contribution is 2.18. The maximum Gasteiger partial charge on any atom is 0.184 e. The molecule has 0 aliphatic carbocycles. The molecule has 2 aromatic rings. The lowest BCUT2D eigenvalue weighted by Crippen LogP contribution is -2.06. The molecule has 0 aliphatic rings. The first kappa shape index (κ1) is 13.3. The van der Waals surface area contributed by atoms with Gasteiger partial charge in [-0.3, -0.25) is 9.13 Å². The summed E-state index contributed by atoms with van der Waals surface area (Å²) < 4.78 is 15.7. The lowest BCUT2D eigenvalue weighted by molar-refractivity contribution is 0.0784. The number of hydrogen-bond donors (Lipinski definition) is 0. The highest BCUT2D eigenvalue weighted by Gasteiger charge is 2.09. The molecular formula is C13H18N2O2S. The molecule has 1 heterocycles. The average molecular weight is 266 g/mol. The lowest BCUT2D eigenvalue weighted by Gasteiger charge is -2.04. The Morgan fingerprint density at radius 1 is 0.944 bits per heavy atom. The average Bonchev–Trinajstić information content (AvgIpc) is 2.66. The SMILES string of the molecule is CCOCn1c(=S)n(COCC)c2ccccc21. The topological polar surface area (TPSA) is 28.3 Å². The molecule has 0 N–H and O–H groups in total. The Morgan fingerprint density at radius 2 is 1.39 bits per heavy atom. The van der Waals surface area contributed by atoms with Crippen LogP contribution in [0.2, 0.25) is 0 Å². The Balaban J connectivity index is 2.49. The fraction of sp³-hybridized carbons (Fsp3) is 0.462. The van der Waals surface area contributed by atoms with Crippen LogP contribution in [0.15, 0.2) is 24.3 Å². The van der Waals surface area contributed by atoms with E-state index in [-0.39, 0.29) is 0 Å². The molecule has 0 atom stereocenters. The number of ether oxygens (including phenoxy) is 2. The minimum absolute atomic E-state index is 0.481. The first-order valence-electron chi connectivity index (χ1n) is 6.13. The third-order valence-corrected chi connectivity index (χ3v) is 3.21. The van der Waals surface area contributed by atoms with Crippen molar-refractivity contribution in [3.05, 3.63) is 29.0 Å². The Bertz CT molecular complexity index is 526. The standard InChI is InChI=1S/C13H18N2O2S/c1-3-16-9-14-11-7-5-6-8-12(11)15(13(14)18)10-17-4-2/h5-8H,3-4,9-10H2,1-2H3. The maximum absolute atomic E-state index is 5.49. The summed E-state index contributed by atoms with van der Waals surface area (Å²) in [5.41, 5.74) is 2.16. The summed E-state index contributed by atoms with van der Waals surface area (Å²) in [6, 6.07) is 8.11. The highest BCUT2D eigenvalue weighted by atomic mass is 32.1. The zero-order valence-electron chi connectivity index (χ0n) is 10.8. The van der Waals surface area contributed by atoms with E-state index < -0.39 is 0 Å². The van der Waals surface area contributed by atoms with Crippen LogP contribution in [0.5, 0.6) is 0 Å². The van der Waals surface area contributed by atoms with Crippen LogP contribution in [0.25, 0.3) is 11.0 Å². The van der Waals surface area contributed by atoms with Gasteiger partial charge >= 0.3 is 0 Å². The molecule has 0 radical (unpaired) electrons. The van der Waals surface area contributed by atoms with Crippen molar-refractivity contribution in [1.29, 1.82) is 0 Å². The molecule has 18 heavy (non-hydrogen) atoms. The molecular weight excluding hydrogens is 248 g/mol. The molecule has 0 fully saturated rings. The summed E-state index contributed by atoms with van der Waals surface area (Å²) in [7, 11) is 0. The number of hydrogen-bond acceptors (Lipinski definition) is 3. The van der Waals surface area contributed by atoms with Gasteiger partial charge in [-0.25, -0.2) is 0 Å². The fourth-order valence-electron chi connectivity index (χ4n) is 1.89. The molecule has 0 unspecified atom stereocenters. The van der Waals surface area contributed by atoms with Gasteiger partial charge in [0.05, 0.1) is 11.0 Å². The molecule has 0 bridgehead atoms. The Kier molecular flexibility index (Phi) is 4.52. The van der Waals surface area contributed by atoms with E-state index in [9.17, 15) is 0 Å². The minimum Gasteiger partial charge on any atom is -0.361 e. The summed E-state index contributed by atoms with van der Waals surface area (Å²) >= 11 is 5.49. The van der Waals surface area contributed by atoms with E-state index in [2.05, 4.69) is 0 Å². The number of aromatic nitrogens is 2. The van der Waals surface area contributed by atoms with Gasteiger partial charge in [0.15, 0.2) is 4.77 Å². The minimum atomic E-state index is 0.481. The number of para-hydroxylation sites is 2. The number of nitrogens with zero attached hydrogens (tertiary/aromatic N) is 2. The van der Waals surface area contributed by atoms with Crippen molar-refractivity contribution in [3.63, 3.8) is 0 Å². The maximum atomic E-state index is 5.49. The molecule has 98 valence electrons. The summed E-state index contributed by atoms with van der Waals surface area (Å²) in [6.07, 6.45) is 0. The van der Waals surface area contributed by atoms with Crippen molar-refractivity contribution in [2.75, 3.05) is 13.2 Å². The van der Waals surface area contributed by atoms with Crippen LogP contribution in [-0.2, 0) is 22.9 Å². The first-order chi connectivity index (χ1) is 8.79. The molecule has 0 saturated heterocycles. The van der Waals surface area contributed by atoms with Gasteiger partial charge in [0, 0.05) is 13.2 Å². The predicted octanol–water partition coefficient (Wildman–Crippen LogP) is 3.16. The number of fused-ring (bicyclic) bond motifs is 1. The van der Waals surface area contributed by atoms with E-state index in [1.165, 1.54) is 0 Å². The predicted molar refractivity (Wildman–Crippen MR) is 74.0 cm³/mol. The van der Waals surface area contributed by atoms with Gasteiger partial charge in [-0.05, 0) is 38.2 Å². The molecule has 0 saturated carbocycles. The number of rotatable bonds is 6. The van der Waals surface area contributed by atoms with Gasteiger partial charge in [0.25, 0.3) is 0 Å². The molecule has 4 nitrogen and oxygen atoms in total. The second-order valence-corrected chi connectivity index (χ2v) is 4.24. The van der Waals surface area contributed by atoms with Crippen molar-refractivity contribution >= 4 is 23.3 Å². The van der Waals surface area contributed by atoms with Crippen molar-refractivity contribution < 1.29 is 9.47 Å². The zero-order valence-corrected chi connectivity index (χ0v) is 11.6. The van der Waals surface area contributed by atoms with Crippen molar-refractivity contribution in [3.8, 4) is 0 Å². The molecule has 1 aromatic heterocycles. The lowest BCUT2D eigenvalue weighted by atomic mass is 10.3. The first-order valence-corrected chi connectivity index (χ1v) is 6.54. The molecule has 1 aromatic carbocycles. The third kappa shape index (κ3) is 2.48. The van der Waals surface area contributed by atoms with E-state index in [1.54, 1.807) is 0 Å². The van der Waals surface area contributed by atoms with Crippen LogP contribution < -0.4 is 0 Å². The van der Waals surface area contributed by atoms with Crippen molar-refractivity contribution in [2.45, 2.75) is 27.3 Å². The van der Waals surface area contributed by atoms with Gasteiger partial charge in [-0.15, -0.1) is 0 Å². The monoisotopic (exact) mass is 266 g/mol. The van der Waals surface area contributed by atoms with E-state index in [0.717, 1.165) is 15.8 Å². The number of benzene rings is 1. The van der Waals surface area contributed by atoms with Crippen molar-refractivity contribution in [2.24, 2.45) is 0 Å². The Hall–Kier alpha value is -1.17. The van der Waals surface area contributed by atoms with Gasteiger partial charge in [-0.2, -0.15) is 0 Å². The molecule has 0 amide bonds. The summed E-state index contributed by atoms with van der Waals surface area (Å²) in [4.78, 5) is 0. The van der Waals surface area contributed by atoms with Crippen LogP contribution >= 0.6 is 12.2 Å². The second-order valence-electron chi connectivity index (χ2n) is 3.87. The quantitative estimate of drug-likeness (QED) is 0.752. The molecule has 2 rings (SSSR count). The van der Waals surface area contributed by atoms with Crippen LogP contribution in [0.3, 0.4) is 0 Å². The Labute approximate surface area is 112 Å². The van der Waals surface area contributed by atoms with Crippen LogP contribution in [0.4, 0.5) is 0 Å². The third-order valence-electron chi connectivity index (χ3n) is 2.77. The number of imidazole rings is 1. The van der Waals surface area contributed by atoms with Crippen LogP contribution in [0.1, 0.15) is 13.8 Å². The zero-order chi connectivity index (χ0) is 13.0. The van der Waals surface area contributed by atoms with Crippen LogP contribution in [0, 0.1) is 4.77 Å². The van der Waals surface area contributed by atoms with Gasteiger partial charge in [-0.1, -0.05) is 12.1 Å².